The fourth-order valence-electron chi connectivity index (χ4n) is 2.22. The van der Waals surface area contributed by atoms with Crippen LogP contribution in [0.3, 0.4) is 0 Å². The minimum atomic E-state index is -1.40. The highest BCUT2D eigenvalue weighted by Gasteiger charge is 2.28. The monoisotopic (exact) mass is 343 g/mol. The summed E-state index contributed by atoms with van der Waals surface area (Å²) in [6.07, 6.45) is 0. The minimum absolute atomic E-state index is 0.0973. The van der Waals surface area contributed by atoms with Crippen LogP contribution in [-0.2, 0) is 4.79 Å². The van der Waals surface area contributed by atoms with Crippen LogP contribution in [0.25, 0.3) is 10.6 Å². The lowest BCUT2D eigenvalue weighted by Crippen LogP contribution is -2.32. The first-order valence-corrected chi connectivity index (χ1v) is 8.03. The Kier molecular flexibility index (Phi) is 4.44. The molecule has 1 aromatic carbocycles. The van der Waals surface area contributed by atoms with E-state index in [1.165, 1.54) is 18.4 Å². The number of amides is 1. The number of hydrogen-bond acceptors (Lipinski definition) is 7. The van der Waals surface area contributed by atoms with Crippen molar-refractivity contribution in [2.24, 2.45) is 5.92 Å². The number of benzene rings is 1. The fraction of sp³-hybridized carbons (Fsp3) is 0.250. The van der Waals surface area contributed by atoms with Crippen molar-refractivity contribution in [3.05, 3.63) is 29.3 Å². The standard InChI is InChI=1S/C16H13N3O4S/c1-18-15(21)10(7-17)14(20)11-8-24-16(19-11)9-2-3-12-13(6-9)23-5-4-22-12/h2-3,6,8,10H,4-5H2,1H3,(H,18,21)/t10-/m0/s1. The summed E-state index contributed by atoms with van der Waals surface area (Å²) in [6, 6.07) is 7.11. The van der Waals surface area contributed by atoms with Crippen LogP contribution in [0.15, 0.2) is 23.6 Å². The second kappa shape index (κ2) is 6.68. The number of thiazole rings is 1. The van der Waals surface area contributed by atoms with E-state index >= 15 is 0 Å². The molecule has 1 aliphatic rings. The summed E-state index contributed by atoms with van der Waals surface area (Å²) in [7, 11) is 1.38. The summed E-state index contributed by atoms with van der Waals surface area (Å²) in [5.74, 6) is -1.36. The summed E-state index contributed by atoms with van der Waals surface area (Å²) in [5, 5.41) is 13.5. The van der Waals surface area contributed by atoms with Gasteiger partial charge in [0, 0.05) is 18.0 Å². The molecule has 3 rings (SSSR count). The van der Waals surface area contributed by atoms with Gasteiger partial charge in [-0.2, -0.15) is 5.26 Å². The molecule has 2 aromatic rings. The van der Waals surface area contributed by atoms with Gasteiger partial charge in [0.1, 0.15) is 23.9 Å². The molecular formula is C16H13N3O4S. The lowest BCUT2D eigenvalue weighted by molar-refractivity contribution is -0.121. The number of ketones is 1. The molecule has 0 bridgehead atoms. The van der Waals surface area contributed by atoms with E-state index in [2.05, 4.69) is 10.3 Å². The Morgan fingerprint density at radius 2 is 2.08 bits per heavy atom. The zero-order valence-electron chi connectivity index (χ0n) is 12.7. The van der Waals surface area contributed by atoms with Gasteiger partial charge in [0.25, 0.3) is 0 Å². The maximum Gasteiger partial charge on any atom is 0.245 e. The number of fused-ring (bicyclic) bond motifs is 1. The lowest BCUT2D eigenvalue weighted by Gasteiger charge is -2.18. The number of nitrogens with zero attached hydrogens (tertiary/aromatic N) is 2. The second-order valence-electron chi connectivity index (χ2n) is 4.94. The smallest absolute Gasteiger partial charge is 0.245 e. The average molecular weight is 343 g/mol. The van der Waals surface area contributed by atoms with Crippen LogP contribution in [0.4, 0.5) is 0 Å². The first kappa shape index (κ1) is 16.0. The highest BCUT2D eigenvalue weighted by molar-refractivity contribution is 7.13. The maximum absolute atomic E-state index is 12.3. The van der Waals surface area contributed by atoms with Crippen molar-refractivity contribution in [2.45, 2.75) is 0 Å². The van der Waals surface area contributed by atoms with Crippen molar-refractivity contribution in [3.63, 3.8) is 0 Å². The molecule has 0 saturated carbocycles. The maximum atomic E-state index is 12.3. The first-order chi connectivity index (χ1) is 11.6. The molecule has 0 fully saturated rings. The molecule has 1 amide bonds. The highest BCUT2D eigenvalue weighted by Crippen LogP contribution is 2.35. The largest absolute Gasteiger partial charge is 0.486 e. The predicted octanol–water partition coefficient (Wildman–Crippen LogP) is 1.65. The van der Waals surface area contributed by atoms with Crippen LogP contribution in [0.5, 0.6) is 11.5 Å². The third kappa shape index (κ3) is 2.94. The Hall–Kier alpha value is -2.92. The Labute approximate surface area is 141 Å². The van der Waals surface area contributed by atoms with Crippen LogP contribution >= 0.6 is 11.3 Å². The summed E-state index contributed by atoms with van der Waals surface area (Å²) in [6.45, 7) is 0.991. The van der Waals surface area contributed by atoms with Crippen LogP contribution in [0.2, 0.25) is 0 Å². The number of Topliss-reactive ketones (excluding diaryl/α,β-unsaturated/α-hetero) is 1. The van der Waals surface area contributed by atoms with Gasteiger partial charge in [0.2, 0.25) is 11.7 Å². The topological polar surface area (TPSA) is 101 Å². The number of hydrogen-bond donors (Lipinski definition) is 1. The Morgan fingerprint density at radius 3 is 2.79 bits per heavy atom. The van der Waals surface area contributed by atoms with Crippen LogP contribution in [0.1, 0.15) is 10.5 Å². The quantitative estimate of drug-likeness (QED) is 0.669. The molecule has 122 valence electrons. The number of aromatic nitrogens is 1. The summed E-state index contributed by atoms with van der Waals surface area (Å²) >= 11 is 1.26. The molecule has 2 heterocycles. The number of carbonyl (C=O) groups is 2. The zero-order valence-corrected chi connectivity index (χ0v) is 13.6. The molecular weight excluding hydrogens is 330 g/mol. The second-order valence-corrected chi connectivity index (χ2v) is 5.80. The molecule has 1 aromatic heterocycles. The van der Waals surface area contributed by atoms with Gasteiger partial charge in [-0.1, -0.05) is 0 Å². The van der Waals surface area contributed by atoms with Gasteiger partial charge in [-0.3, -0.25) is 9.59 Å². The van der Waals surface area contributed by atoms with Crippen LogP contribution in [0, 0.1) is 17.2 Å². The molecule has 8 heteroatoms. The van der Waals surface area contributed by atoms with E-state index in [0.29, 0.717) is 29.7 Å². The predicted molar refractivity (Wildman–Crippen MR) is 86.0 cm³/mol. The normalized spacial score (nSPS) is 13.7. The van der Waals surface area contributed by atoms with Gasteiger partial charge in [0.05, 0.1) is 6.07 Å². The van der Waals surface area contributed by atoms with E-state index in [0.717, 1.165) is 5.56 Å². The minimum Gasteiger partial charge on any atom is -0.486 e. The molecule has 0 unspecified atom stereocenters. The Morgan fingerprint density at radius 1 is 1.33 bits per heavy atom. The molecule has 0 spiro atoms. The van der Waals surface area contributed by atoms with Gasteiger partial charge < -0.3 is 14.8 Å². The number of ether oxygens (including phenoxy) is 2. The van der Waals surface area contributed by atoms with Gasteiger partial charge in [0.15, 0.2) is 17.4 Å². The highest BCUT2D eigenvalue weighted by atomic mass is 32.1. The number of nitrogens with one attached hydrogen (secondary N) is 1. The molecule has 1 N–H and O–H groups in total. The van der Waals surface area contributed by atoms with Gasteiger partial charge in [-0.25, -0.2) is 4.98 Å². The number of carbonyl (C=O) groups excluding carboxylic acids is 2. The fourth-order valence-corrected chi connectivity index (χ4v) is 3.03. The molecule has 7 nitrogen and oxygen atoms in total. The Bertz CT molecular complexity index is 840. The molecule has 1 aliphatic heterocycles. The van der Waals surface area contributed by atoms with Crippen molar-refractivity contribution < 1.29 is 19.1 Å². The SMILES string of the molecule is CNC(=O)[C@@H](C#N)C(=O)c1csc(-c2ccc3c(c2)OCCO3)n1. The zero-order chi connectivity index (χ0) is 17.1. The first-order valence-electron chi connectivity index (χ1n) is 7.15. The van der Waals surface area contributed by atoms with E-state index < -0.39 is 17.6 Å². The summed E-state index contributed by atoms with van der Waals surface area (Å²) in [4.78, 5) is 28.1. The van der Waals surface area contributed by atoms with Crippen molar-refractivity contribution in [1.82, 2.24) is 10.3 Å². The van der Waals surface area contributed by atoms with Gasteiger partial charge >= 0.3 is 0 Å². The molecule has 0 radical (unpaired) electrons. The van der Waals surface area contributed by atoms with Crippen molar-refractivity contribution in [2.75, 3.05) is 20.3 Å². The lowest BCUT2D eigenvalue weighted by atomic mass is 10.0. The van der Waals surface area contributed by atoms with E-state index in [-0.39, 0.29) is 5.69 Å². The van der Waals surface area contributed by atoms with Gasteiger partial charge in [-0.05, 0) is 18.2 Å². The van der Waals surface area contributed by atoms with Crippen LogP contribution < -0.4 is 14.8 Å². The average Bonchev–Trinajstić information content (AvgIpc) is 3.11. The molecule has 0 saturated heterocycles. The van der Waals surface area contributed by atoms with E-state index in [4.69, 9.17) is 14.7 Å². The van der Waals surface area contributed by atoms with Gasteiger partial charge in [-0.15, -0.1) is 11.3 Å². The summed E-state index contributed by atoms with van der Waals surface area (Å²) < 4.78 is 11.0. The van der Waals surface area contributed by atoms with E-state index in [1.807, 2.05) is 6.07 Å². The molecule has 24 heavy (non-hydrogen) atoms. The van der Waals surface area contributed by atoms with Crippen molar-refractivity contribution in [1.29, 1.82) is 5.26 Å². The number of rotatable bonds is 4. The molecule has 1 atom stereocenters. The number of nitriles is 1. The van der Waals surface area contributed by atoms with Crippen LogP contribution in [-0.4, -0.2) is 36.9 Å². The molecule has 0 aliphatic carbocycles. The van der Waals surface area contributed by atoms with Crippen molar-refractivity contribution >= 4 is 23.0 Å². The summed E-state index contributed by atoms with van der Waals surface area (Å²) in [5.41, 5.74) is 0.872. The Balaban J connectivity index is 1.87. The van der Waals surface area contributed by atoms with E-state index in [9.17, 15) is 9.59 Å². The van der Waals surface area contributed by atoms with E-state index in [1.54, 1.807) is 23.6 Å². The van der Waals surface area contributed by atoms with Crippen molar-refractivity contribution in [3.8, 4) is 28.1 Å². The third-order valence-electron chi connectivity index (χ3n) is 3.45. The third-order valence-corrected chi connectivity index (χ3v) is 4.34.